The van der Waals surface area contributed by atoms with Gasteiger partial charge in [-0.15, -0.1) is 19.0 Å². The summed E-state index contributed by atoms with van der Waals surface area (Å²) < 4.78 is 0. The molecule has 0 aliphatic heterocycles. The van der Waals surface area contributed by atoms with Crippen LogP contribution in [0.25, 0.3) is 0 Å². The number of hydrogen-bond acceptors (Lipinski definition) is 2. The molecule has 0 saturated heterocycles. The van der Waals surface area contributed by atoms with E-state index < -0.39 is 0 Å². The van der Waals surface area contributed by atoms with E-state index in [0.29, 0.717) is 10.3 Å². The van der Waals surface area contributed by atoms with Gasteiger partial charge in [-0.05, 0) is 18.9 Å². The molecule has 1 aromatic heterocycles. The highest BCUT2D eigenvalue weighted by atomic mass is 35.5. The third kappa shape index (κ3) is 4.39. The minimum absolute atomic E-state index is 0. The second kappa shape index (κ2) is 7.07. The fraction of sp³-hybridized carbons (Fsp3) is 0.300. The molecule has 0 aliphatic carbocycles. The number of rotatable bonds is 4. The summed E-state index contributed by atoms with van der Waals surface area (Å²) in [5, 5.41) is 0.767. The fourth-order valence-electron chi connectivity index (χ4n) is 1.15. The lowest BCUT2D eigenvalue weighted by atomic mass is 10.1. The average Bonchev–Trinajstić information content (AvgIpc) is 2.14. The van der Waals surface area contributed by atoms with E-state index >= 15 is 0 Å². The van der Waals surface area contributed by atoms with Crippen LogP contribution in [0.1, 0.15) is 24.4 Å². The Morgan fingerprint density at radius 2 is 2.13 bits per heavy atom. The van der Waals surface area contributed by atoms with Crippen LogP contribution in [0.15, 0.2) is 24.8 Å². The second-order valence-corrected chi connectivity index (χ2v) is 3.73. The molecule has 0 amide bonds. The topological polar surface area (TPSA) is 38.9 Å². The largest absolute Gasteiger partial charge is 0.324 e. The van der Waals surface area contributed by atoms with E-state index in [0.717, 1.165) is 18.4 Å². The summed E-state index contributed by atoms with van der Waals surface area (Å²) in [6, 6.07) is 3.40. The van der Waals surface area contributed by atoms with Crippen LogP contribution in [0.2, 0.25) is 10.3 Å². The van der Waals surface area contributed by atoms with Gasteiger partial charge in [-0.2, -0.15) is 0 Å². The molecule has 1 rings (SSSR count). The Kier molecular flexibility index (Phi) is 6.94. The van der Waals surface area contributed by atoms with Gasteiger partial charge >= 0.3 is 0 Å². The Balaban J connectivity index is 0.00000196. The summed E-state index contributed by atoms with van der Waals surface area (Å²) in [4.78, 5) is 3.93. The molecule has 1 atom stereocenters. The third-order valence-electron chi connectivity index (χ3n) is 1.92. The zero-order chi connectivity index (χ0) is 10.6. The van der Waals surface area contributed by atoms with E-state index in [2.05, 4.69) is 11.6 Å². The predicted octanol–water partition coefficient (Wildman–Crippen LogP) is 3.78. The Morgan fingerprint density at radius 3 is 2.67 bits per heavy atom. The van der Waals surface area contributed by atoms with Gasteiger partial charge in [-0.1, -0.05) is 35.3 Å². The SMILES string of the molecule is C=CCC[C@H](N)c1ccc(Cl)nc1Cl.Cl. The van der Waals surface area contributed by atoms with Gasteiger partial charge in [0.25, 0.3) is 0 Å². The van der Waals surface area contributed by atoms with Crippen LogP contribution >= 0.6 is 35.6 Å². The van der Waals surface area contributed by atoms with Crippen molar-refractivity contribution in [1.82, 2.24) is 4.98 Å². The number of halogens is 3. The van der Waals surface area contributed by atoms with Crippen molar-refractivity contribution in [2.75, 3.05) is 0 Å². The number of nitrogens with two attached hydrogens (primary N) is 1. The van der Waals surface area contributed by atoms with Crippen molar-refractivity contribution in [3.05, 3.63) is 40.7 Å². The van der Waals surface area contributed by atoms with Crippen molar-refractivity contribution in [3.63, 3.8) is 0 Å². The summed E-state index contributed by atoms with van der Waals surface area (Å²) >= 11 is 11.6. The normalized spacial score (nSPS) is 11.7. The molecule has 15 heavy (non-hydrogen) atoms. The van der Waals surface area contributed by atoms with Gasteiger partial charge in [0.1, 0.15) is 10.3 Å². The lowest BCUT2D eigenvalue weighted by molar-refractivity contribution is 0.659. The number of aromatic nitrogens is 1. The van der Waals surface area contributed by atoms with E-state index in [4.69, 9.17) is 28.9 Å². The fourth-order valence-corrected chi connectivity index (χ4v) is 1.64. The van der Waals surface area contributed by atoms with Gasteiger partial charge in [0, 0.05) is 11.6 Å². The Labute approximate surface area is 106 Å². The van der Waals surface area contributed by atoms with Crippen LogP contribution in [-0.2, 0) is 0 Å². The van der Waals surface area contributed by atoms with Gasteiger partial charge in [0.05, 0.1) is 0 Å². The van der Waals surface area contributed by atoms with Crippen LogP contribution in [0, 0.1) is 0 Å². The van der Waals surface area contributed by atoms with Gasteiger partial charge in [-0.3, -0.25) is 0 Å². The van der Waals surface area contributed by atoms with Crippen molar-refractivity contribution in [3.8, 4) is 0 Å². The molecular weight excluding hydrogens is 254 g/mol. The molecule has 0 saturated carbocycles. The van der Waals surface area contributed by atoms with Gasteiger partial charge in [0.2, 0.25) is 0 Å². The van der Waals surface area contributed by atoms with Crippen molar-refractivity contribution in [2.24, 2.45) is 5.73 Å². The first kappa shape index (κ1) is 14.7. The van der Waals surface area contributed by atoms with Crippen LogP contribution in [0.5, 0.6) is 0 Å². The summed E-state index contributed by atoms with van der Waals surface area (Å²) in [5.74, 6) is 0. The van der Waals surface area contributed by atoms with Crippen LogP contribution < -0.4 is 5.73 Å². The number of allylic oxidation sites excluding steroid dienone is 1. The summed E-state index contributed by atoms with van der Waals surface area (Å²) in [5.41, 5.74) is 6.75. The monoisotopic (exact) mass is 266 g/mol. The third-order valence-corrected chi connectivity index (χ3v) is 2.44. The van der Waals surface area contributed by atoms with E-state index in [9.17, 15) is 0 Å². The highest BCUT2D eigenvalue weighted by Crippen LogP contribution is 2.24. The van der Waals surface area contributed by atoms with Gasteiger partial charge in [0.15, 0.2) is 0 Å². The van der Waals surface area contributed by atoms with Crippen molar-refractivity contribution < 1.29 is 0 Å². The lowest BCUT2D eigenvalue weighted by Crippen LogP contribution is -2.10. The molecule has 0 radical (unpaired) electrons. The number of nitrogens with zero attached hydrogens (tertiary/aromatic N) is 1. The molecule has 0 spiro atoms. The van der Waals surface area contributed by atoms with Crippen LogP contribution in [-0.4, -0.2) is 4.98 Å². The maximum absolute atomic E-state index is 5.92. The van der Waals surface area contributed by atoms with E-state index in [1.54, 1.807) is 6.07 Å². The van der Waals surface area contributed by atoms with E-state index in [-0.39, 0.29) is 18.4 Å². The highest BCUT2D eigenvalue weighted by molar-refractivity contribution is 6.32. The molecule has 1 aromatic rings. The smallest absolute Gasteiger partial charge is 0.135 e. The van der Waals surface area contributed by atoms with E-state index in [1.807, 2.05) is 12.1 Å². The molecule has 0 aromatic carbocycles. The maximum Gasteiger partial charge on any atom is 0.135 e. The molecule has 5 heteroatoms. The summed E-state index contributed by atoms with van der Waals surface area (Å²) in [7, 11) is 0. The molecule has 0 unspecified atom stereocenters. The molecule has 1 heterocycles. The minimum Gasteiger partial charge on any atom is -0.324 e. The van der Waals surface area contributed by atoms with Crippen LogP contribution in [0.4, 0.5) is 0 Å². The highest BCUT2D eigenvalue weighted by Gasteiger charge is 2.10. The lowest BCUT2D eigenvalue weighted by Gasteiger charge is -2.11. The van der Waals surface area contributed by atoms with Crippen molar-refractivity contribution in [1.29, 1.82) is 0 Å². The maximum atomic E-state index is 5.92. The van der Waals surface area contributed by atoms with Crippen molar-refractivity contribution >= 4 is 35.6 Å². The summed E-state index contributed by atoms with van der Waals surface area (Å²) in [6.45, 7) is 3.64. The zero-order valence-electron chi connectivity index (χ0n) is 8.12. The molecule has 0 bridgehead atoms. The molecular formula is C10H13Cl3N2. The average molecular weight is 268 g/mol. The predicted molar refractivity (Wildman–Crippen MR) is 67.9 cm³/mol. The quantitative estimate of drug-likeness (QED) is 0.666. The second-order valence-electron chi connectivity index (χ2n) is 2.99. The van der Waals surface area contributed by atoms with Gasteiger partial charge < -0.3 is 5.73 Å². The molecule has 2 N–H and O–H groups in total. The molecule has 0 fully saturated rings. The minimum atomic E-state index is -0.106. The van der Waals surface area contributed by atoms with Crippen molar-refractivity contribution in [2.45, 2.75) is 18.9 Å². The first-order chi connectivity index (χ1) is 6.65. The standard InChI is InChI=1S/C10H12Cl2N2.ClH/c1-2-3-4-8(13)7-5-6-9(11)14-10(7)12;/h2,5-6,8H,1,3-4,13H2;1H/t8-;/m0./s1. The summed E-state index contributed by atoms with van der Waals surface area (Å²) in [6.07, 6.45) is 3.50. The van der Waals surface area contributed by atoms with Crippen LogP contribution in [0.3, 0.4) is 0 Å². The number of hydrogen-bond donors (Lipinski definition) is 1. The Hall–Kier alpha value is -0.280. The first-order valence-corrected chi connectivity index (χ1v) is 5.09. The molecule has 0 aliphatic rings. The van der Waals surface area contributed by atoms with Gasteiger partial charge in [-0.25, -0.2) is 4.98 Å². The Bertz CT molecular complexity index is 328. The van der Waals surface area contributed by atoms with E-state index in [1.165, 1.54) is 0 Å². The molecule has 84 valence electrons. The first-order valence-electron chi connectivity index (χ1n) is 4.33. The molecule has 2 nitrogen and oxygen atoms in total. The number of pyridine rings is 1. The zero-order valence-corrected chi connectivity index (χ0v) is 10.4. The Morgan fingerprint density at radius 1 is 1.47 bits per heavy atom.